The third-order valence-electron chi connectivity index (χ3n) is 2.19. The van der Waals surface area contributed by atoms with Crippen LogP contribution >= 0.6 is 28.6 Å². The van der Waals surface area contributed by atoms with Gasteiger partial charge in [0.05, 0.1) is 11.1 Å². The Morgan fingerprint density at radius 2 is 1.89 bits per heavy atom. The zero-order chi connectivity index (χ0) is 14.7. The Morgan fingerprint density at radius 1 is 1.26 bits per heavy atom. The van der Waals surface area contributed by atoms with Gasteiger partial charge in [0.1, 0.15) is 11.5 Å². The Kier molecular flexibility index (Phi) is 5.43. The lowest BCUT2D eigenvalue weighted by molar-refractivity contribution is -0.274. The first kappa shape index (κ1) is 16.5. The van der Waals surface area contributed by atoms with Crippen molar-refractivity contribution in [3.63, 3.8) is 0 Å². The van der Waals surface area contributed by atoms with Crippen molar-refractivity contribution < 1.29 is 22.6 Å². The van der Waals surface area contributed by atoms with E-state index in [1.54, 1.807) is 0 Å². The Bertz CT molecular complexity index is 435. The Labute approximate surface area is 123 Å². The fourth-order valence-corrected chi connectivity index (χ4v) is 1.63. The number of rotatable bonds is 5. The van der Waals surface area contributed by atoms with Crippen LogP contribution in [0.3, 0.4) is 0 Å². The average molecular weight is 359 g/mol. The zero-order valence-corrected chi connectivity index (χ0v) is 12.9. The van der Waals surface area contributed by atoms with Crippen molar-refractivity contribution >= 4 is 28.6 Å². The standard InChI is InChI=1S/C12H14BrF3O2S/c1-11(2,7-19)6-17-8-3-4-10(9(13)5-8)18-12(14,15)16/h3-5,19H,6-7H2,1-2H3. The molecule has 2 nitrogen and oxygen atoms in total. The summed E-state index contributed by atoms with van der Waals surface area (Å²) in [5, 5.41) is 0. The van der Waals surface area contributed by atoms with E-state index in [0.29, 0.717) is 18.1 Å². The largest absolute Gasteiger partial charge is 0.573 e. The van der Waals surface area contributed by atoms with Gasteiger partial charge >= 0.3 is 6.36 Å². The maximum Gasteiger partial charge on any atom is 0.573 e. The number of benzene rings is 1. The normalized spacial score (nSPS) is 12.4. The smallest absolute Gasteiger partial charge is 0.493 e. The van der Waals surface area contributed by atoms with Crippen LogP contribution in [-0.2, 0) is 0 Å². The van der Waals surface area contributed by atoms with E-state index in [-0.39, 0.29) is 15.6 Å². The van der Waals surface area contributed by atoms with Crippen LogP contribution in [0.15, 0.2) is 22.7 Å². The van der Waals surface area contributed by atoms with Gasteiger partial charge in [-0.1, -0.05) is 13.8 Å². The molecule has 0 unspecified atom stereocenters. The van der Waals surface area contributed by atoms with Crippen molar-refractivity contribution in [2.45, 2.75) is 20.2 Å². The highest BCUT2D eigenvalue weighted by Crippen LogP contribution is 2.33. The number of alkyl halides is 3. The van der Waals surface area contributed by atoms with Crippen LogP contribution in [0.2, 0.25) is 0 Å². The van der Waals surface area contributed by atoms with Gasteiger partial charge in [-0.3, -0.25) is 0 Å². The van der Waals surface area contributed by atoms with Gasteiger partial charge in [0.15, 0.2) is 0 Å². The minimum Gasteiger partial charge on any atom is -0.493 e. The van der Waals surface area contributed by atoms with E-state index in [1.807, 2.05) is 13.8 Å². The van der Waals surface area contributed by atoms with Gasteiger partial charge in [0.2, 0.25) is 0 Å². The van der Waals surface area contributed by atoms with Gasteiger partial charge in [-0.2, -0.15) is 12.6 Å². The second-order valence-corrected chi connectivity index (χ2v) is 5.92. The molecule has 0 aliphatic rings. The van der Waals surface area contributed by atoms with Crippen LogP contribution in [0.4, 0.5) is 13.2 Å². The second-order valence-electron chi connectivity index (χ2n) is 4.75. The molecule has 7 heteroatoms. The van der Waals surface area contributed by atoms with Gasteiger partial charge in [0, 0.05) is 5.41 Å². The predicted octanol–water partition coefficient (Wildman–Crippen LogP) is 4.68. The highest BCUT2D eigenvalue weighted by Gasteiger charge is 2.32. The van der Waals surface area contributed by atoms with E-state index >= 15 is 0 Å². The van der Waals surface area contributed by atoms with E-state index in [9.17, 15) is 13.2 Å². The molecular formula is C12H14BrF3O2S. The van der Waals surface area contributed by atoms with Crippen LogP contribution in [0.5, 0.6) is 11.5 Å². The SMILES string of the molecule is CC(C)(CS)COc1ccc(OC(F)(F)F)c(Br)c1. The molecule has 0 spiro atoms. The van der Waals surface area contributed by atoms with E-state index in [4.69, 9.17) is 4.74 Å². The van der Waals surface area contributed by atoms with Gasteiger partial charge in [-0.15, -0.1) is 13.2 Å². The molecule has 1 aromatic carbocycles. The van der Waals surface area contributed by atoms with Crippen LogP contribution in [0, 0.1) is 5.41 Å². The summed E-state index contributed by atoms with van der Waals surface area (Å²) in [7, 11) is 0. The fraction of sp³-hybridized carbons (Fsp3) is 0.500. The summed E-state index contributed by atoms with van der Waals surface area (Å²) < 4.78 is 45.8. The quantitative estimate of drug-likeness (QED) is 0.770. The van der Waals surface area contributed by atoms with E-state index in [2.05, 4.69) is 33.3 Å². The molecule has 1 aromatic rings. The molecule has 0 heterocycles. The first-order chi connectivity index (χ1) is 8.63. The fourth-order valence-electron chi connectivity index (χ4n) is 1.10. The number of hydrogen-bond donors (Lipinski definition) is 1. The monoisotopic (exact) mass is 358 g/mol. The Morgan fingerprint density at radius 3 is 2.37 bits per heavy atom. The van der Waals surface area contributed by atoms with E-state index in [0.717, 1.165) is 0 Å². The lowest BCUT2D eigenvalue weighted by Crippen LogP contribution is -2.23. The molecule has 0 aromatic heterocycles. The molecule has 0 amide bonds. The van der Waals surface area contributed by atoms with Crippen molar-refractivity contribution in [2.24, 2.45) is 5.41 Å². The molecule has 0 radical (unpaired) electrons. The summed E-state index contributed by atoms with van der Waals surface area (Å²) in [6, 6.07) is 4.08. The maximum absolute atomic E-state index is 12.1. The third kappa shape index (κ3) is 5.95. The minimum absolute atomic E-state index is 0.114. The number of thiol groups is 1. The highest BCUT2D eigenvalue weighted by atomic mass is 79.9. The van der Waals surface area contributed by atoms with Crippen molar-refractivity contribution in [3.8, 4) is 11.5 Å². The van der Waals surface area contributed by atoms with E-state index in [1.165, 1.54) is 18.2 Å². The Hall–Kier alpha value is -0.560. The van der Waals surface area contributed by atoms with Gasteiger partial charge in [0.25, 0.3) is 0 Å². The third-order valence-corrected chi connectivity index (χ3v) is 3.66. The molecule has 1 rings (SSSR count). The van der Waals surface area contributed by atoms with Crippen LogP contribution in [0.1, 0.15) is 13.8 Å². The summed E-state index contributed by atoms with van der Waals surface area (Å²) in [5.41, 5.74) is -0.114. The Balaban J connectivity index is 2.72. The van der Waals surface area contributed by atoms with Crippen molar-refractivity contribution in [1.82, 2.24) is 0 Å². The van der Waals surface area contributed by atoms with Gasteiger partial charge < -0.3 is 9.47 Å². The first-order valence-corrected chi connectivity index (χ1v) is 6.84. The molecule has 108 valence electrons. The van der Waals surface area contributed by atoms with Crippen molar-refractivity contribution in [2.75, 3.05) is 12.4 Å². The highest BCUT2D eigenvalue weighted by molar-refractivity contribution is 9.10. The molecule has 0 saturated carbocycles. The average Bonchev–Trinajstić information content (AvgIpc) is 2.28. The molecule has 0 fully saturated rings. The molecule has 0 saturated heterocycles. The molecule has 0 bridgehead atoms. The molecule has 0 N–H and O–H groups in total. The van der Waals surface area contributed by atoms with E-state index < -0.39 is 6.36 Å². The molecule has 0 aliphatic heterocycles. The topological polar surface area (TPSA) is 18.5 Å². The molecular weight excluding hydrogens is 345 g/mol. The van der Waals surface area contributed by atoms with Crippen LogP contribution < -0.4 is 9.47 Å². The molecule has 0 atom stereocenters. The maximum atomic E-state index is 12.1. The summed E-state index contributed by atoms with van der Waals surface area (Å²) >= 11 is 7.21. The van der Waals surface area contributed by atoms with Crippen molar-refractivity contribution in [3.05, 3.63) is 22.7 Å². The predicted molar refractivity (Wildman–Crippen MR) is 74.0 cm³/mol. The minimum atomic E-state index is -4.71. The van der Waals surface area contributed by atoms with Crippen LogP contribution in [0.25, 0.3) is 0 Å². The number of halogens is 4. The zero-order valence-electron chi connectivity index (χ0n) is 10.4. The number of hydrogen-bond acceptors (Lipinski definition) is 3. The summed E-state index contributed by atoms with van der Waals surface area (Å²) in [4.78, 5) is 0. The summed E-state index contributed by atoms with van der Waals surface area (Å²) in [6.45, 7) is 4.38. The summed E-state index contributed by atoms with van der Waals surface area (Å²) in [5.74, 6) is 0.813. The summed E-state index contributed by atoms with van der Waals surface area (Å²) in [6.07, 6.45) is -4.71. The van der Waals surface area contributed by atoms with Crippen LogP contribution in [-0.4, -0.2) is 18.7 Å². The van der Waals surface area contributed by atoms with Gasteiger partial charge in [-0.05, 0) is 39.9 Å². The molecule has 0 aliphatic carbocycles. The lowest BCUT2D eigenvalue weighted by atomic mass is 9.98. The second kappa shape index (κ2) is 6.26. The molecule has 19 heavy (non-hydrogen) atoms. The number of ether oxygens (including phenoxy) is 2. The lowest BCUT2D eigenvalue weighted by Gasteiger charge is -2.22. The van der Waals surface area contributed by atoms with Gasteiger partial charge in [-0.25, -0.2) is 0 Å². The first-order valence-electron chi connectivity index (χ1n) is 5.42. The van der Waals surface area contributed by atoms with Crippen molar-refractivity contribution in [1.29, 1.82) is 0 Å².